The predicted octanol–water partition coefficient (Wildman–Crippen LogP) is 2.53. The second-order valence-electron chi connectivity index (χ2n) is 3.37. The Bertz CT molecular complexity index is 106. The van der Waals surface area contributed by atoms with Gasteiger partial charge in [-0.1, -0.05) is 20.3 Å². The van der Waals surface area contributed by atoms with Crippen molar-refractivity contribution in [3.8, 4) is 0 Å². The molecule has 13 heavy (non-hydrogen) atoms. The van der Waals surface area contributed by atoms with Crippen LogP contribution >= 0.6 is 0 Å². The van der Waals surface area contributed by atoms with Crippen LogP contribution < -0.4 is 0 Å². The molecule has 1 aliphatic rings. The fraction of sp³-hybridized carbons (Fsp3) is 1.00. The van der Waals surface area contributed by atoms with Crippen LogP contribution in [-0.2, 0) is 4.74 Å². The second kappa shape index (κ2) is 8.52. The van der Waals surface area contributed by atoms with Gasteiger partial charge in [-0.2, -0.15) is 0 Å². The first-order valence-electron chi connectivity index (χ1n) is 5.57. The largest absolute Gasteiger partial charge is 0.383 e. The van der Waals surface area contributed by atoms with Crippen LogP contribution in [0, 0.1) is 0 Å². The summed E-state index contributed by atoms with van der Waals surface area (Å²) in [5, 5.41) is 0. The normalized spacial score (nSPS) is 23.5. The molecule has 1 unspecified atom stereocenters. The van der Waals surface area contributed by atoms with Gasteiger partial charge in [0.05, 0.1) is 6.61 Å². The van der Waals surface area contributed by atoms with E-state index in [0.29, 0.717) is 0 Å². The minimum Gasteiger partial charge on any atom is -0.383 e. The third-order valence-corrected chi connectivity index (χ3v) is 2.52. The molecule has 0 aliphatic carbocycles. The van der Waals surface area contributed by atoms with Gasteiger partial charge >= 0.3 is 0 Å². The summed E-state index contributed by atoms with van der Waals surface area (Å²) in [5.41, 5.74) is 0. The molecule has 2 nitrogen and oxygen atoms in total. The highest BCUT2D eigenvalue weighted by atomic mass is 16.5. The number of methoxy groups -OCH3 is 1. The number of nitrogens with zero attached hydrogens (tertiary/aromatic N) is 1. The molecule has 0 radical (unpaired) electrons. The van der Waals surface area contributed by atoms with Crippen LogP contribution in [0.3, 0.4) is 0 Å². The number of likely N-dealkylation sites (tertiary alicyclic amines) is 1. The highest BCUT2D eigenvalue weighted by Gasteiger charge is 2.16. The van der Waals surface area contributed by atoms with Gasteiger partial charge in [-0.05, 0) is 26.3 Å². The zero-order valence-corrected chi connectivity index (χ0v) is 9.68. The third-order valence-electron chi connectivity index (χ3n) is 2.52. The Morgan fingerprint density at radius 2 is 2.00 bits per heavy atom. The Morgan fingerprint density at radius 1 is 1.31 bits per heavy atom. The maximum absolute atomic E-state index is 5.05. The summed E-state index contributed by atoms with van der Waals surface area (Å²) in [5.74, 6) is 0. The standard InChI is InChI=1S/C9H19NO.C2H6/c1-9-5-3-4-6-10(9)7-8-11-2;1-2/h9H,3-8H2,1-2H3;1-2H3. The summed E-state index contributed by atoms with van der Waals surface area (Å²) in [6.45, 7) is 9.57. The molecule has 1 aliphatic heterocycles. The molecule has 1 saturated heterocycles. The van der Waals surface area contributed by atoms with Crippen molar-refractivity contribution in [1.82, 2.24) is 4.90 Å². The van der Waals surface area contributed by atoms with Crippen LogP contribution in [0.5, 0.6) is 0 Å². The van der Waals surface area contributed by atoms with Crippen molar-refractivity contribution in [2.75, 3.05) is 26.8 Å². The summed E-state index contributed by atoms with van der Waals surface area (Å²) in [6.07, 6.45) is 4.14. The van der Waals surface area contributed by atoms with E-state index < -0.39 is 0 Å². The molecule has 1 atom stereocenters. The molecule has 1 heterocycles. The molecular weight excluding hydrogens is 162 g/mol. The van der Waals surface area contributed by atoms with Crippen LogP contribution in [0.4, 0.5) is 0 Å². The smallest absolute Gasteiger partial charge is 0.0589 e. The molecule has 0 aromatic carbocycles. The van der Waals surface area contributed by atoms with Crippen LogP contribution in [0.2, 0.25) is 0 Å². The van der Waals surface area contributed by atoms with Gasteiger partial charge in [-0.25, -0.2) is 0 Å². The van der Waals surface area contributed by atoms with E-state index in [9.17, 15) is 0 Å². The minimum absolute atomic E-state index is 0.777. The lowest BCUT2D eigenvalue weighted by Gasteiger charge is -2.32. The van der Waals surface area contributed by atoms with Crippen molar-refractivity contribution in [2.24, 2.45) is 0 Å². The molecule has 0 spiro atoms. The van der Waals surface area contributed by atoms with Crippen molar-refractivity contribution in [2.45, 2.75) is 46.1 Å². The highest BCUT2D eigenvalue weighted by Crippen LogP contribution is 2.15. The molecule has 0 aromatic rings. The van der Waals surface area contributed by atoms with E-state index in [1.54, 1.807) is 7.11 Å². The maximum atomic E-state index is 5.05. The number of rotatable bonds is 3. The van der Waals surface area contributed by atoms with Gasteiger partial charge in [-0.15, -0.1) is 0 Å². The van der Waals surface area contributed by atoms with Gasteiger partial charge < -0.3 is 4.74 Å². The van der Waals surface area contributed by atoms with Gasteiger partial charge in [0, 0.05) is 19.7 Å². The molecule has 80 valence electrons. The SMILES string of the molecule is CC.COCCN1CCCCC1C. The lowest BCUT2D eigenvalue weighted by Crippen LogP contribution is -2.39. The Kier molecular flexibility index (Phi) is 8.46. The number of hydrogen-bond acceptors (Lipinski definition) is 2. The van der Waals surface area contributed by atoms with Gasteiger partial charge in [0.2, 0.25) is 0 Å². The van der Waals surface area contributed by atoms with Gasteiger partial charge in [0.15, 0.2) is 0 Å². The number of piperidine rings is 1. The molecule has 0 bridgehead atoms. The fourth-order valence-electron chi connectivity index (χ4n) is 1.70. The third kappa shape index (κ3) is 5.27. The average molecular weight is 187 g/mol. The summed E-state index contributed by atoms with van der Waals surface area (Å²) >= 11 is 0. The fourth-order valence-corrected chi connectivity index (χ4v) is 1.70. The van der Waals surface area contributed by atoms with E-state index in [0.717, 1.165) is 19.2 Å². The summed E-state index contributed by atoms with van der Waals surface area (Å²) < 4.78 is 5.05. The molecule has 0 aromatic heterocycles. The first-order chi connectivity index (χ1) is 6.34. The molecule has 1 rings (SSSR count). The first-order valence-corrected chi connectivity index (χ1v) is 5.57. The van der Waals surface area contributed by atoms with E-state index in [2.05, 4.69) is 11.8 Å². The molecule has 1 fully saturated rings. The lowest BCUT2D eigenvalue weighted by molar-refractivity contribution is 0.103. The Balaban J connectivity index is 0.000000671. The Morgan fingerprint density at radius 3 is 2.54 bits per heavy atom. The molecule has 0 amide bonds. The van der Waals surface area contributed by atoms with Crippen molar-refractivity contribution in [3.05, 3.63) is 0 Å². The van der Waals surface area contributed by atoms with Crippen molar-refractivity contribution in [1.29, 1.82) is 0 Å². The Labute approximate surface area is 83.3 Å². The van der Waals surface area contributed by atoms with E-state index in [4.69, 9.17) is 4.74 Å². The zero-order chi connectivity index (χ0) is 10.1. The van der Waals surface area contributed by atoms with Crippen LogP contribution in [0.1, 0.15) is 40.0 Å². The van der Waals surface area contributed by atoms with E-state index in [1.807, 2.05) is 13.8 Å². The molecular formula is C11H25NO. The lowest BCUT2D eigenvalue weighted by atomic mass is 10.0. The summed E-state index contributed by atoms with van der Waals surface area (Å²) in [4.78, 5) is 2.52. The Hall–Kier alpha value is -0.0800. The molecule has 0 saturated carbocycles. The predicted molar refractivity (Wildman–Crippen MR) is 58.1 cm³/mol. The van der Waals surface area contributed by atoms with Crippen molar-refractivity contribution >= 4 is 0 Å². The number of ether oxygens (including phenoxy) is 1. The minimum atomic E-state index is 0.777. The van der Waals surface area contributed by atoms with Crippen LogP contribution in [-0.4, -0.2) is 37.7 Å². The zero-order valence-electron chi connectivity index (χ0n) is 9.68. The summed E-state index contributed by atoms with van der Waals surface area (Å²) in [7, 11) is 1.77. The first kappa shape index (κ1) is 12.9. The maximum Gasteiger partial charge on any atom is 0.0589 e. The average Bonchev–Trinajstić information content (AvgIpc) is 2.20. The second-order valence-corrected chi connectivity index (χ2v) is 3.37. The van der Waals surface area contributed by atoms with Crippen molar-refractivity contribution < 1.29 is 4.74 Å². The van der Waals surface area contributed by atoms with Crippen LogP contribution in [0.25, 0.3) is 0 Å². The summed E-state index contributed by atoms with van der Waals surface area (Å²) in [6, 6.07) is 0.777. The van der Waals surface area contributed by atoms with Gasteiger partial charge in [-0.3, -0.25) is 4.90 Å². The quantitative estimate of drug-likeness (QED) is 0.673. The number of hydrogen-bond donors (Lipinski definition) is 0. The van der Waals surface area contributed by atoms with Gasteiger partial charge in [0.25, 0.3) is 0 Å². The van der Waals surface area contributed by atoms with Crippen molar-refractivity contribution in [3.63, 3.8) is 0 Å². The van der Waals surface area contributed by atoms with Crippen LogP contribution in [0.15, 0.2) is 0 Å². The monoisotopic (exact) mass is 187 g/mol. The van der Waals surface area contributed by atoms with E-state index in [1.165, 1.54) is 25.8 Å². The topological polar surface area (TPSA) is 12.5 Å². The van der Waals surface area contributed by atoms with E-state index in [-0.39, 0.29) is 0 Å². The molecule has 0 N–H and O–H groups in total. The highest BCUT2D eigenvalue weighted by molar-refractivity contribution is 4.72. The van der Waals surface area contributed by atoms with E-state index >= 15 is 0 Å². The van der Waals surface area contributed by atoms with Gasteiger partial charge in [0.1, 0.15) is 0 Å². The molecule has 2 heteroatoms.